The number of amides is 1. The fourth-order valence-electron chi connectivity index (χ4n) is 2.84. The van der Waals surface area contributed by atoms with E-state index in [1.165, 1.54) is 31.4 Å². The van der Waals surface area contributed by atoms with Crippen LogP contribution in [0, 0.1) is 23.3 Å². The number of carboxylic acid groups (broad SMARTS) is 1. The molecule has 0 unspecified atom stereocenters. The standard InChI is InChI=1S/C21H22F4N2O4/c1-2-3-4-5-6-7-10-31-13-9-8-12(11-26-13)27-20(28)14-15(21(29)30)17(23)19(25)18(24)16(14)22/h8-9,11H,2-7,10H2,1H3,(H,27,28)(H,29,30). The van der Waals surface area contributed by atoms with Crippen LogP contribution in [0.5, 0.6) is 5.88 Å². The lowest BCUT2D eigenvalue weighted by Crippen LogP contribution is -2.22. The van der Waals surface area contributed by atoms with Crippen LogP contribution in [0.4, 0.5) is 23.2 Å². The van der Waals surface area contributed by atoms with Crippen LogP contribution < -0.4 is 10.1 Å². The number of hydrogen-bond acceptors (Lipinski definition) is 4. The van der Waals surface area contributed by atoms with E-state index in [9.17, 15) is 27.2 Å². The number of anilines is 1. The number of benzene rings is 1. The number of hydrogen-bond donors (Lipinski definition) is 2. The zero-order valence-corrected chi connectivity index (χ0v) is 16.8. The Morgan fingerprint density at radius 2 is 1.55 bits per heavy atom. The van der Waals surface area contributed by atoms with Gasteiger partial charge in [-0.1, -0.05) is 39.0 Å². The third-order valence-electron chi connectivity index (χ3n) is 4.45. The van der Waals surface area contributed by atoms with Crippen molar-refractivity contribution in [1.82, 2.24) is 4.98 Å². The first kappa shape index (κ1) is 24.1. The van der Waals surface area contributed by atoms with E-state index in [-0.39, 0.29) is 11.6 Å². The summed E-state index contributed by atoms with van der Waals surface area (Å²) in [5, 5.41) is 11.1. The van der Waals surface area contributed by atoms with E-state index < -0.39 is 46.3 Å². The molecule has 168 valence electrons. The van der Waals surface area contributed by atoms with Gasteiger partial charge in [0, 0.05) is 6.07 Å². The molecule has 0 aliphatic rings. The number of rotatable bonds is 11. The van der Waals surface area contributed by atoms with Crippen molar-refractivity contribution in [2.75, 3.05) is 11.9 Å². The van der Waals surface area contributed by atoms with E-state index in [2.05, 4.69) is 17.2 Å². The first-order valence-electron chi connectivity index (χ1n) is 9.77. The summed E-state index contributed by atoms with van der Waals surface area (Å²) < 4.78 is 60.1. The molecule has 0 radical (unpaired) electrons. The topological polar surface area (TPSA) is 88.5 Å². The molecule has 2 aromatic rings. The molecule has 1 heterocycles. The number of unbranched alkanes of at least 4 members (excludes halogenated alkanes) is 5. The van der Waals surface area contributed by atoms with Gasteiger partial charge in [-0.3, -0.25) is 4.79 Å². The molecule has 1 aromatic heterocycles. The first-order valence-corrected chi connectivity index (χ1v) is 9.77. The second kappa shape index (κ2) is 11.3. The molecular weight excluding hydrogens is 420 g/mol. The number of halogens is 4. The molecule has 0 bridgehead atoms. The second-order valence-corrected chi connectivity index (χ2v) is 6.77. The smallest absolute Gasteiger partial charge is 0.339 e. The average Bonchev–Trinajstić information content (AvgIpc) is 2.74. The number of ether oxygens (including phenoxy) is 1. The fraction of sp³-hybridized carbons (Fsp3) is 0.381. The Bertz CT molecular complexity index is 936. The van der Waals surface area contributed by atoms with Crippen molar-refractivity contribution in [3.63, 3.8) is 0 Å². The summed E-state index contributed by atoms with van der Waals surface area (Å²) in [5.74, 6) is -12.2. The third-order valence-corrected chi connectivity index (χ3v) is 4.45. The molecule has 0 aliphatic heterocycles. The molecule has 1 aromatic carbocycles. The largest absolute Gasteiger partial charge is 0.478 e. The van der Waals surface area contributed by atoms with Crippen molar-refractivity contribution in [2.24, 2.45) is 0 Å². The SMILES string of the molecule is CCCCCCCCOc1ccc(NC(=O)c2c(F)c(F)c(F)c(F)c2C(=O)O)cn1. The highest BCUT2D eigenvalue weighted by Crippen LogP contribution is 2.25. The summed E-state index contributed by atoms with van der Waals surface area (Å²) in [7, 11) is 0. The van der Waals surface area contributed by atoms with Gasteiger partial charge in [0.2, 0.25) is 5.88 Å². The maximum absolute atomic E-state index is 14.0. The average molecular weight is 442 g/mol. The summed E-state index contributed by atoms with van der Waals surface area (Å²) in [5.41, 5.74) is -3.09. The molecule has 2 rings (SSSR count). The molecule has 0 atom stereocenters. The summed E-state index contributed by atoms with van der Waals surface area (Å²) in [6.45, 7) is 2.59. The molecule has 1 amide bonds. The maximum Gasteiger partial charge on any atom is 0.339 e. The van der Waals surface area contributed by atoms with Crippen LogP contribution in [0.1, 0.15) is 66.2 Å². The molecular formula is C21H22F4N2O4. The first-order chi connectivity index (χ1) is 14.8. The predicted octanol–water partition coefficient (Wildman–Crippen LogP) is 5.33. The van der Waals surface area contributed by atoms with Gasteiger partial charge in [-0.05, 0) is 12.5 Å². The van der Waals surface area contributed by atoms with Gasteiger partial charge in [0.1, 0.15) is 5.56 Å². The van der Waals surface area contributed by atoms with Gasteiger partial charge in [0.05, 0.1) is 24.1 Å². The minimum absolute atomic E-state index is 0.0159. The summed E-state index contributed by atoms with van der Waals surface area (Å²) in [6.07, 6.45) is 7.68. The number of nitrogens with zero attached hydrogens (tertiary/aromatic N) is 1. The van der Waals surface area contributed by atoms with Crippen molar-refractivity contribution in [2.45, 2.75) is 45.4 Å². The van der Waals surface area contributed by atoms with Gasteiger partial charge < -0.3 is 15.2 Å². The third kappa shape index (κ3) is 6.16. The lowest BCUT2D eigenvalue weighted by atomic mass is 10.0. The van der Waals surface area contributed by atoms with Crippen LogP contribution >= 0.6 is 0 Å². The zero-order valence-electron chi connectivity index (χ0n) is 16.8. The Balaban J connectivity index is 2.03. The minimum atomic E-state index is -2.32. The number of aromatic carboxylic acids is 1. The van der Waals surface area contributed by atoms with Crippen molar-refractivity contribution < 1.29 is 37.0 Å². The molecule has 31 heavy (non-hydrogen) atoms. The second-order valence-electron chi connectivity index (χ2n) is 6.77. The summed E-state index contributed by atoms with van der Waals surface area (Å²) in [6, 6.07) is 2.74. The molecule has 0 aliphatic carbocycles. The van der Waals surface area contributed by atoms with Crippen molar-refractivity contribution in [3.8, 4) is 5.88 Å². The van der Waals surface area contributed by atoms with Gasteiger partial charge in [-0.15, -0.1) is 0 Å². The number of pyridine rings is 1. The monoisotopic (exact) mass is 442 g/mol. The van der Waals surface area contributed by atoms with E-state index in [4.69, 9.17) is 9.84 Å². The van der Waals surface area contributed by atoms with Gasteiger partial charge in [0.15, 0.2) is 23.3 Å². The molecule has 0 spiro atoms. The van der Waals surface area contributed by atoms with Crippen molar-refractivity contribution in [1.29, 1.82) is 0 Å². The number of carbonyl (C=O) groups is 2. The normalized spacial score (nSPS) is 10.7. The van der Waals surface area contributed by atoms with Crippen LogP contribution in [0.2, 0.25) is 0 Å². The maximum atomic E-state index is 14.0. The number of carbonyl (C=O) groups excluding carboxylic acids is 1. The van der Waals surface area contributed by atoms with Crippen molar-refractivity contribution in [3.05, 3.63) is 52.7 Å². The lowest BCUT2D eigenvalue weighted by molar-refractivity contribution is 0.0684. The fourth-order valence-corrected chi connectivity index (χ4v) is 2.84. The molecule has 2 N–H and O–H groups in total. The highest BCUT2D eigenvalue weighted by atomic mass is 19.2. The van der Waals surface area contributed by atoms with Crippen LogP contribution in [-0.4, -0.2) is 28.6 Å². The van der Waals surface area contributed by atoms with Crippen LogP contribution in [-0.2, 0) is 0 Å². The van der Waals surface area contributed by atoms with E-state index in [0.717, 1.165) is 25.5 Å². The van der Waals surface area contributed by atoms with E-state index in [1.54, 1.807) is 0 Å². The predicted molar refractivity (Wildman–Crippen MR) is 104 cm³/mol. The van der Waals surface area contributed by atoms with Gasteiger partial charge in [-0.2, -0.15) is 0 Å². The molecule has 10 heteroatoms. The Labute approximate surface area is 176 Å². The lowest BCUT2D eigenvalue weighted by Gasteiger charge is -2.11. The van der Waals surface area contributed by atoms with Crippen molar-refractivity contribution >= 4 is 17.6 Å². The molecule has 0 saturated carbocycles. The zero-order chi connectivity index (χ0) is 23.0. The Morgan fingerprint density at radius 1 is 0.935 bits per heavy atom. The summed E-state index contributed by atoms with van der Waals surface area (Å²) >= 11 is 0. The van der Waals surface area contributed by atoms with Gasteiger partial charge >= 0.3 is 5.97 Å². The van der Waals surface area contributed by atoms with Gasteiger partial charge in [0.25, 0.3) is 5.91 Å². The molecule has 6 nitrogen and oxygen atoms in total. The van der Waals surface area contributed by atoms with Gasteiger partial charge in [-0.25, -0.2) is 27.3 Å². The highest BCUT2D eigenvalue weighted by Gasteiger charge is 2.32. The Kier molecular flexibility index (Phi) is 8.77. The van der Waals surface area contributed by atoms with Crippen LogP contribution in [0.3, 0.4) is 0 Å². The quantitative estimate of drug-likeness (QED) is 0.213. The molecule has 0 saturated heterocycles. The molecule has 0 fully saturated rings. The number of aromatic nitrogens is 1. The minimum Gasteiger partial charge on any atom is -0.478 e. The Morgan fingerprint density at radius 3 is 2.13 bits per heavy atom. The van der Waals surface area contributed by atoms with E-state index in [0.29, 0.717) is 6.61 Å². The Hall–Kier alpha value is -3.17. The number of nitrogens with one attached hydrogen (secondary N) is 1. The highest BCUT2D eigenvalue weighted by molar-refractivity contribution is 6.11. The number of carboxylic acids is 1. The van der Waals surface area contributed by atoms with Crippen LogP contribution in [0.25, 0.3) is 0 Å². The van der Waals surface area contributed by atoms with Crippen LogP contribution in [0.15, 0.2) is 18.3 Å². The van der Waals surface area contributed by atoms with E-state index in [1.807, 2.05) is 0 Å². The summed E-state index contributed by atoms with van der Waals surface area (Å²) in [4.78, 5) is 27.4. The van der Waals surface area contributed by atoms with E-state index >= 15 is 0 Å².